The zero-order chi connectivity index (χ0) is 25.3. The molecule has 0 spiro atoms. The van der Waals surface area contributed by atoms with Gasteiger partial charge >= 0.3 is 12.3 Å². The number of carbonyl (C=O) groups is 1. The molecule has 12 heteroatoms. The maximum absolute atomic E-state index is 13.1. The Labute approximate surface area is 195 Å². The third kappa shape index (κ3) is 5.49. The minimum atomic E-state index is -4.50. The molecule has 1 amide bonds. The molecule has 9 nitrogen and oxygen atoms in total. The Morgan fingerprint density at radius 1 is 1.18 bits per heavy atom. The first-order chi connectivity index (χ1) is 15.9. The quantitative estimate of drug-likeness (QED) is 0.528. The van der Waals surface area contributed by atoms with Gasteiger partial charge in [0.15, 0.2) is 0 Å². The number of fused-ring (bicyclic) bond motifs is 3. The molecule has 184 valence electrons. The van der Waals surface area contributed by atoms with Crippen LogP contribution in [0.5, 0.6) is 0 Å². The summed E-state index contributed by atoms with van der Waals surface area (Å²) in [6.07, 6.45) is -3.49. The first-order valence-electron chi connectivity index (χ1n) is 10.8. The standard InChI is InChI=1S/C20H22F3N7O2.C2H6/c1-19(2,3)32-18(31)29-8-14-15(9-29)30-10-26-28-17(30)27-16(14)25-7-11-4-12(20(21,22)23)6-13(24)5-11;1-2/h4-6,10H,7-9,24H2,1-3H3,(H,25,27,28);1-2H3. The van der Waals surface area contributed by atoms with Gasteiger partial charge in [0.25, 0.3) is 5.78 Å². The van der Waals surface area contributed by atoms with E-state index in [1.165, 1.54) is 17.3 Å². The highest BCUT2D eigenvalue weighted by Gasteiger charge is 2.33. The summed E-state index contributed by atoms with van der Waals surface area (Å²) in [5, 5.41) is 10.9. The number of hydrogen-bond donors (Lipinski definition) is 2. The van der Waals surface area contributed by atoms with Crippen molar-refractivity contribution in [2.45, 2.75) is 66.0 Å². The number of nitrogens with zero attached hydrogens (tertiary/aromatic N) is 5. The van der Waals surface area contributed by atoms with Gasteiger partial charge in [-0.3, -0.25) is 9.30 Å². The number of nitrogens with two attached hydrogens (primary N) is 1. The van der Waals surface area contributed by atoms with Gasteiger partial charge in [-0.15, -0.1) is 10.2 Å². The number of hydrogen-bond acceptors (Lipinski definition) is 7. The zero-order valence-corrected chi connectivity index (χ0v) is 19.7. The Kier molecular flexibility index (Phi) is 6.89. The fourth-order valence-corrected chi connectivity index (χ4v) is 3.48. The monoisotopic (exact) mass is 479 g/mol. The molecule has 1 aliphatic heterocycles. The zero-order valence-electron chi connectivity index (χ0n) is 19.7. The van der Waals surface area contributed by atoms with Crippen molar-refractivity contribution < 1.29 is 22.7 Å². The van der Waals surface area contributed by atoms with E-state index in [1.807, 2.05) is 13.8 Å². The molecule has 1 aliphatic rings. The number of alkyl halides is 3. The Bertz CT molecular complexity index is 1190. The number of halogens is 3. The van der Waals surface area contributed by atoms with E-state index in [0.717, 1.165) is 17.8 Å². The normalized spacial score (nSPS) is 13.4. The average molecular weight is 480 g/mol. The smallest absolute Gasteiger partial charge is 0.416 e. The number of amides is 1. The molecule has 0 saturated heterocycles. The average Bonchev–Trinajstić information content (AvgIpc) is 3.38. The molecule has 3 aromatic rings. The number of ether oxygens (including phenoxy) is 1. The van der Waals surface area contributed by atoms with Crippen molar-refractivity contribution in [3.8, 4) is 0 Å². The number of benzene rings is 1. The van der Waals surface area contributed by atoms with E-state index in [9.17, 15) is 18.0 Å². The highest BCUT2D eigenvalue weighted by molar-refractivity contribution is 5.70. The molecule has 0 radical (unpaired) electrons. The second-order valence-electron chi connectivity index (χ2n) is 8.54. The molecule has 0 aliphatic carbocycles. The van der Waals surface area contributed by atoms with Gasteiger partial charge in [0.2, 0.25) is 0 Å². The molecule has 0 bridgehead atoms. The van der Waals surface area contributed by atoms with Crippen LogP contribution in [0.1, 0.15) is 57.0 Å². The number of anilines is 2. The van der Waals surface area contributed by atoms with E-state index in [-0.39, 0.29) is 25.3 Å². The Morgan fingerprint density at radius 2 is 1.88 bits per heavy atom. The van der Waals surface area contributed by atoms with Crippen molar-refractivity contribution in [1.82, 2.24) is 24.5 Å². The Hall–Kier alpha value is -3.57. The number of nitrogens with one attached hydrogen (secondary N) is 1. The fourth-order valence-electron chi connectivity index (χ4n) is 3.48. The molecule has 3 N–H and O–H groups in total. The van der Waals surface area contributed by atoms with E-state index in [2.05, 4.69) is 20.5 Å². The fraction of sp³-hybridized carbons (Fsp3) is 0.455. The molecular formula is C22H28F3N7O2. The molecule has 0 atom stereocenters. The number of rotatable bonds is 3. The van der Waals surface area contributed by atoms with Crippen LogP contribution in [0.2, 0.25) is 0 Å². The highest BCUT2D eigenvalue weighted by atomic mass is 19.4. The number of carbonyl (C=O) groups excluding carboxylic acids is 1. The lowest BCUT2D eigenvalue weighted by molar-refractivity contribution is -0.137. The SMILES string of the molecule is CC.CC(C)(C)OC(=O)N1Cc2c(NCc3cc(N)cc(C(F)(F)F)c3)nc3nncn3c2C1. The van der Waals surface area contributed by atoms with E-state index in [1.54, 1.807) is 25.2 Å². The summed E-state index contributed by atoms with van der Waals surface area (Å²) in [7, 11) is 0. The molecule has 4 rings (SSSR count). The highest BCUT2D eigenvalue weighted by Crippen LogP contribution is 2.33. The summed E-state index contributed by atoms with van der Waals surface area (Å²) < 4.78 is 46.5. The summed E-state index contributed by atoms with van der Waals surface area (Å²) in [5.74, 6) is 0.711. The van der Waals surface area contributed by atoms with Gasteiger partial charge in [-0.2, -0.15) is 18.2 Å². The number of aromatic nitrogens is 4. The van der Waals surface area contributed by atoms with Crippen LogP contribution in [0.25, 0.3) is 5.78 Å². The summed E-state index contributed by atoms with van der Waals surface area (Å²) in [6, 6.07) is 3.39. The van der Waals surface area contributed by atoms with Gasteiger partial charge in [-0.1, -0.05) is 13.8 Å². The number of nitrogen functional groups attached to an aromatic ring is 1. The van der Waals surface area contributed by atoms with Gasteiger partial charge in [-0.05, 0) is 44.5 Å². The van der Waals surface area contributed by atoms with Crippen LogP contribution in [-0.2, 0) is 30.5 Å². The van der Waals surface area contributed by atoms with Gasteiger partial charge in [0.1, 0.15) is 17.7 Å². The summed E-state index contributed by atoms with van der Waals surface area (Å²) in [6.45, 7) is 9.86. The molecule has 1 aromatic carbocycles. The topological polar surface area (TPSA) is 111 Å². The van der Waals surface area contributed by atoms with Gasteiger partial charge < -0.3 is 15.8 Å². The van der Waals surface area contributed by atoms with E-state index < -0.39 is 23.4 Å². The van der Waals surface area contributed by atoms with Crippen LogP contribution in [-0.4, -0.2) is 36.2 Å². The van der Waals surface area contributed by atoms with Crippen molar-refractivity contribution in [1.29, 1.82) is 0 Å². The van der Waals surface area contributed by atoms with Gasteiger partial charge in [-0.25, -0.2) is 4.79 Å². The maximum atomic E-state index is 13.1. The van der Waals surface area contributed by atoms with E-state index in [4.69, 9.17) is 10.5 Å². The van der Waals surface area contributed by atoms with Crippen LogP contribution in [0, 0.1) is 0 Å². The maximum Gasteiger partial charge on any atom is 0.416 e. The first kappa shape index (κ1) is 25.1. The van der Waals surface area contributed by atoms with Crippen LogP contribution < -0.4 is 11.1 Å². The van der Waals surface area contributed by atoms with Crippen LogP contribution in [0.15, 0.2) is 24.5 Å². The molecule has 2 aromatic heterocycles. The molecule has 0 saturated carbocycles. The molecular weight excluding hydrogens is 451 g/mol. The predicted molar refractivity (Wildman–Crippen MR) is 121 cm³/mol. The molecule has 0 fully saturated rings. The summed E-state index contributed by atoms with van der Waals surface area (Å²) in [5.41, 5.74) is 5.99. The largest absolute Gasteiger partial charge is 0.444 e. The predicted octanol–water partition coefficient (Wildman–Crippen LogP) is 4.61. The van der Waals surface area contributed by atoms with E-state index in [0.29, 0.717) is 22.7 Å². The van der Waals surface area contributed by atoms with Crippen molar-refractivity contribution in [2.24, 2.45) is 0 Å². The van der Waals surface area contributed by atoms with Gasteiger partial charge in [0, 0.05) is 17.8 Å². The van der Waals surface area contributed by atoms with Crippen LogP contribution >= 0.6 is 0 Å². The lowest BCUT2D eigenvalue weighted by atomic mass is 10.1. The Morgan fingerprint density at radius 3 is 2.53 bits per heavy atom. The van der Waals surface area contributed by atoms with Crippen molar-refractivity contribution >= 4 is 23.4 Å². The Balaban J connectivity index is 0.00000158. The summed E-state index contributed by atoms with van der Waals surface area (Å²) >= 11 is 0. The molecule has 34 heavy (non-hydrogen) atoms. The lowest BCUT2D eigenvalue weighted by Crippen LogP contribution is -2.33. The van der Waals surface area contributed by atoms with Crippen molar-refractivity contribution in [3.63, 3.8) is 0 Å². The minimum absolute atomic E-state index is 0.0128. The molecule has 3 heterocycles. The van der Waals surface area contributed by atoms with E-state index >= 15 is 0 Å². The first-order valence-corrected chi connectivity index (χ1v) is 10.8. The third-order valence-electron chi connectivity index (χ3n) is 4.81. The minimum Gasteiger partial charge on any atom is -0.444 e. The van der Waals surface area contributed by atoms with Crippen LogP contribution in [0.4, 0.5) is 29.5 Å². The second-order valence-corrected chi connectivity index (χ2v) is 8.54. The summed E-state index contributed by atoms with van der Waals surface area (Å²) in [4.78, 5) is 18.5. The van der Waals surface area contributed by atoms with Gasteiger partial charge in [0.05, 0.1) is 24.3 Å². The van der Waals surface area contributed by atoms with Crippen molar-refractivity contribution in [2.75, 3.05) is 11.1 Å². The van der Waals surface area contributed by atoms with Crippen LogP contribution in [0.3, 0.4) is 0 Å². The second kappa shape index (κ2) is 9.35. The van der Waals surface area contributed by atoms with Crippen molar-refractivity contribution in [3.05, 3.63) is 46.9 Å². The third-order valence-corrected chi connectivity index (χ3v) is 4.81. The lowest BCUT2D eigenvalue weighted by Gasteiger charge is -2.24. The molecule has 0 unspecified atom stereocenters.